The van der Waals surface area contributed by atoms with Gasteiger partial charge in [-0.2, -0.15) is 0 Å². The van der Waals surface area contributed by atoms with E-state index >= 15 is 0 Å². The van der Waals surface area contributed by atoms with Crippen LogP contribution in [-0.4, -0.2) is 37.0 Å². The van der Waals surface area contributed by atoms with Gasteiger partial charge in [0.15, 0.2) is 0 Å². The highest BCUT2D eigenvalue weighted by Crippen LogP contribution is 2.34. The van der Waals surface area contributed by atoms with E-state index in [0.29, 0.717) is 31.0 Å². The molecular weight excluding hydrogens is 425 g/mol. The highest BCUT2D eigenvalue weighted by Gasteiger charge is 2.27. The number of amides is 1. The lowest BCUT2D eigenvalue weighted by Gasteiger charge is -2.29. The summed E-state index contributed by atoms with van der Waals surface area (Å²) in [6.07, 6.45) is 4.46. The van der Waals surface area contributed by atoms with Crippen molar-refractivity contribution in [3.05, 3.63) is 64.4 Å². The highest BCUT2D eigenvalue weighted by atomic mass is 35.5. The van der Waals surface area contributed by atoms with Crippen LogP contribution in [0.25, 0.3) is 6.08 Å². The Balaban J connectivity index is 1.64. The Labute approximate surface area is 185 Å². The van der Waals surface area contributed by atoms with Gasteiger partial charge in [0.2, 0.25) is 5.91 Å². The molecule has 0 saturated carbocycles. The van der Waals surface area contributed by atoms with Crippen molar-refractivity contribution in [2.75, 3.05) is 20.2 Å². The van der Waals surface area contributed by atoms with Gasteiger partial charge in [-0.25, -0.2) is 4.39 Å². The fourth-order valence-electron chi connectivity index (χ4n) is 3.32. The fourth-order valence-corrected chi connectivity index (χ4v) is 4.54. The van der Waals surface area contributed by atoms with Crippen LogP contribution in [0.5, 0.6) is 0 Å². The van der Waals surface area contributed by atoms with Gasteiger partial charge >= 0.3 is 5.97 Å². The van der Waals surface area contributed by atoms with Crippen molar-refractivity contribution in [3.8, 4) is 0 Å². The number of methoxy groups -OCH3 is 1. The Morgan fingerprint density at radius 1 is 1.20 bits per heavy atom. The molecule has 1 amide bonds. The first-order chi connectivity index (χ1) is 14.4. The zero-order valence-corrected chi connectivity index (χ0v) is 18.4. The normalized spacial score (nSPS) is 14.9. The van der Waals surface area contributed by atoms with Crippen molar-refractivity contribution in [1.82, 2.24) is 4.90 Å². The first kappa shape index (κ1) is 22.4. The van der Waals surface area contributed by atoms with Crippen LogP contribution in [0.15, 0.2) is 52.3 Å². The van der Waals surface area contributed by atoms with Crippen LogP contribution in [-0.2, 0) is 14.3 Å². The Morgan fingerprint density at radius 2 is 1.87 bits per heavy atom. The average Bonchev–Trinajstić information content (AvgIpc) is 2.76. The SMILES string of the molecule is COC(=O)C1CCN(C(=O)/C=C/c2cc(C)c(Sc3ccc(F)cc3)cc2Cl)CC1. The third kappa shape index (κ3) is 5.64. The number of hydrogen-bond donors (Lipinski definition) is 0. The second kappa shape index (κ2) is 10.1. The molecule has 0 aromatic heterocycles. The van der Waals surface area contributed by atoms with Crippen LogP contribution in [0, 0.1) is 18.7 Å². The minimum Gasteiger partial charge on any atom is -0.469 e. The zero-order valence-electron chi connectivity index (χ0n) is 16.9. The maximum Gasteiger partial charge on any atom is 0.308 e. The molecule has 0 unspecified atom stereocenters. The number of ether oxygens (including phenoxy) is 1. The third-order valence-corrected chi connectivity index (χ3v) is 6.58. The Kier molecular flexibility index (Phi) is 7.56. The molecule has 0 aliphatic carbocycles. The number of esters is 1. The number of benzene rings is 2. The summed E-state index contributed by atoms with van der Waals surface area (Å²) in [5.41, 5.74) is 1.77. The first-order valence-corrected chi connectivity index (χ1v) is 10.8. The molecule has 2 aromatic carbocycles. The van der Waals surface area contributed by atoms with Crippen molar-refractivity contribution in [3.63, 3.8) is 0 Å². The predicted molar refractivity (Wildman–Crippen MR) is 117 cm³/mol. The molecule has 1 aliphatic rings. The van der Waals surface area contributed by atoms with E-state index in [1.807, 2.05) is 19.1 Å². The van der Waals surface area contributed by atoms with E-state index in [1.165, 1.54) is 37.1 Å². The number of nitrogens with zero attached hydrogens (tertiary/aromatic N) is 1. The number of aryl methyl sites for hydroxylation is 1. The summed E-state index contributed by atoms with van der Waals surface area (Å²) >= 11 is 7.94. The second-order valence-electron chi connectivity index (χ2n) is 7.15. The van der Waals surface area contributed by atoms with E-state index in [4.69, 9.17) is 16.3 Å². The molecule has 4 nitrogen and oxygen atoms in total. The molecule has 3 rings (SSSR count). The van der Waals surface area contributed by atoms with Crippen LogP contribution in [0.3, 0.4) is 0 Å². The van der Waals surface area contributed by atoms with E-state index in [9.17, 15) is 14.0 Å². The molecule has 1 heterocycles. The maximum absolute atomic E-state index is 13.1. The molecule has 0 radical (unpaired) electrons. The first-order valence-electron chi connectivity index (χ1n) is 9.65. The van der Waals surface area contributed by atoms with E-state index < -0.39 is 0 Å². The van der Waals surface area contributed by atoms with Crippen molar-refractivity contribution in [2.45, 2.75) is 29.6 Å². The van der Waals surface area contributed by atoms with Crippen LogP contribution in [0.4, 0.5) is 4.39 Å². The number of halogens is 2. The van der Waals surface area contributed by atoms with E-state index in [-0.39, 0.29) is 23.6 Å². The Bertz CT molecular complexity index is 954. The van der Waals surface area contributed by atoms with E-state index in [1.54, 1.807) is 23.1 Å². The lowest BCUT2D eigenvalue weighted by molar-refractivity contribution is -0.148. The monoisotopic (exact) mass is 447 g/mol. The second-order valence-corrected chi connectivity index (χ2v) is 8.67. The van der Waals surface area contributed by atoms with Gasteiger partial charge in [0.05, 0.1) is 13.0 Å². The molecule has 0 N–H and O–H groups in total. The molecule has 2 aromatic rings. The van der Waals surface area contributed by atoms with Crippen LogP contribution < -0.4 is 0 Å². The molecule has 30 heavy (non-hydrogen) atoms. The van der Waals surface area contributed by atoms with Gasteiger partial charge in [0.25, 0.3) is 0 Å². The lowest BCUT2D eigenvalue weighted by atomic mass is 9.97. The van der Waals surface area contributed by atoms with Crippen molar-refractivity contribution in [2.24, 2.45) is 5.92 Å². The van der Waals surface area contributed by atoms with Crippen LogP contribution >= 0.6 is 23.4 Å². The summed E-state index contributed by atoms with van der Waals surface area (Å²) in [5, 5.41) is 0.540. The van der Waals surface area contributed by atoms with Gasteiger partial charge in [-0.15, -0.1) is 0 Å². The quantitative estimate of drug-likeness (QED) is 0.457. The number of rotatable bonds is 5. The summed E-state index contributed by atoms with van der Waals surface area (Å²) in [5.74, 6) is -0.713. The van der Waals surface area contributed by atoms with Gasteiger partial charge in [-0.05, 0) is 73.4 Å². The van der Waals surface area contributed by atoms with Gasteiger partial charge in [-0.1, -0.05) is 23.4 Å². The lowest BCUT2D eigenvalue weighted by Crippen LogP contribution is -2.39. The van der Waals surface area contributed by atoms with Crippen molar-refractivity contribution >= 4 is 41.3 Å². The van der Waals surface area contributed by atoms with Gasteiger partial charge in [0, 0.05) is 34.0 Å². The molecule has 0 spiro atoms. The summed E-state index contributed by atoms with van der Waals surface area (Å²) in [4.78, 5) is 27.7. The standard InChI is InChI=1S/C23H23ClFNO3S/c1-15-13-17(20(24)14-21(15)30-19-6-4-18(25)5-7-19)3-8-22(27)26-11-9-16(10-12-26)23(28)29-2/h3-8,13-14,16H,9-12H2,1-2H3/b8-3+. The molecule has 158 valence electrons. The van der Waals surface area contributed by atoms with Crippen LogP contribution in [0.1, 0.15) is 24.0 Å². The van der Waals surface area contributed by atoms with Crippen molar-refractivity contribution < 1.29 is 18.7 Å². The van der Waals surface area contributed by atoms with Gasteiger partial charge in [-0.3, -0.25) is 9.59 Å². The van der Waals surface area contributed by atoms with Crippen LogP contribution in [0.2, 0.25) is 5.02 Å². The van der Waals surface area contributed by atoms with Gasteiger partial charge < -0.3 is 9.64 Å². The molecule has 0 bridgehead atoms. The molecular formula is C23H23ClFNO3S. The summed E-state index contributed by atoms with van der Waals surface area (Å²) in [6, 6.07) is 10.1. The Hall–Kier alpha value is -2.31. The molecule has 1 saturated heterocycles. The summed E-state index contributed by atoms with van der Waals surface area (Å²) in [6.45, 7) is 3.03. The third-order valence-electron chi connectivity index (χ3n) is 5.08. The smallest absolute Gasteiger partial charge is 0.308 e. The zero-order chi connectivity index (χ0) is 21.7. The van der Waals surface area contributed by atoms with E-state index in [2.05, 4.69) is 0 Å². The summed E-state index contributed by atoms with van der Waals surface area (Å²) < 4.78 is 17.9. The average molecular weight is 448 g/mol. The van der Waals surface area contributed by atoms with Crippen molar-refractivity contribution in [1.29, 1.82) is 0 Å². The number of hydrogen-bond acceptors (Lipinski definition) is 4. The maximum atomic E-state index is 13.1. The molecule has 1 fully saturated rings. The fraction of sp³-hybridized carbons (Fsp3) is 0.304. The van der Waals surface area contributed by atoms with Gasteiger partial charge in [0.1, 0.15) is 5.82 Å². The number of carbonyl (C=O) groups is 2. The van der Waals surface area contributed by atoms with E-state index in [0.717, 1.165) is 20.9 Å². The number of piperidine rings is 1. The Morgan fingerprint density at radius 3 is 2.50 bits per heavy atom. The number of carbonyl (C=O) groups excluding carboxylic acids is 2. The predicted octanol–water partition coefficient (Wildman–Crippen LogP) is 5.36. The molecule has 1 aliphatic heterocycles. The minimum absolute atomic E-state index is 0.100. The molecule has 7 heteroatoms. The largest absolute Gasteiger partial charge is 0.469 e. The summed E-state index contributed by atoms with van der Waals surface area (Å²) in [7, 11) is 1.39. The molecule has 0 atom stereocenters. The topological polar surface area (TPSA) is 46.6 Å². The minimum atomic E-state index is -0.270. The number of likely N-dealkylation sites (tertiary alicyclic amines) is 1. The highest BCUT2D eigenvalue weighted by molar-refractivity contribution is 7.99.